The highest BCUT2D eigenvalue weighted by Gasteiger charge is 2.14. The summed E-state index contributed by atoms with van der Waals surface area (Å²) in [6, 6.07) is 1.65. The molecule has 86 valence electrons. The van der Waals surface area contributed by atoms with Crippen LogP contribution in [0.5, 0.6) is 0 Å². The molecular weight excluding hydrogens is 278 g/mol. The number of hydrogen-bond acceptors (Lipinski definition) is 5. The fourth-order valence-electron chi connectivity index (χ4n) is 1.05. The Morgan fingerprint density at radius 1 is 1.50 bits per heavy atom. The van der Waals surface area contributed by atoms with Gasteiger partial charge in [-0.15, -0.1) is 0 Å². The van der Waals surface area contributed by atoms with Crippen molar-refractivity contribution >= 4 is 27.9 Å². The van der Waals surface area contributed by atoms with Crippen molar-refractivity contribution in [2.45, 2.75) is 13.5 Å². The molecule has 0 aliphatic heterocycles. The van der Waals surface area contributed by atoms with Crippen LogP contribution in [0.3, 0.4) is 0 Å². The Hall–Kier alpha value is -1.43. The van der Waals surface area contributed by atoms with Crippen LogP contribution in [0.15, 0.2) is 16.7 Å². The van der Waals surface area contributed by atoms with E-state index in [1.807, 2.05) is 0 Å². The van der Waals surface area contributed by atoms with Crippen LogP contribution in [-0.4, -0.2) is 24.0 Å². The summed E-state index contributed by atoms with van der Waals surface area (Å²) in [4.78, 5) is 25.9. The van der Waals surface area contributed by atoms with E-state index in [0.29, 0.717) is 10.0 Å². The maximum atomic E-state index is 11.3. The number of pyridine rings is 1. The Morgan fingerprint density at radius 2 is 2.19 bits per heavy atom. The molecule has 6 heteroatoms. The zero-order chi connectivity index (χ0) is 12.1. The first-order valence-corrected chi connectivity index (χ1v) is 5.20. The summed E-state index contributed by atoms with van der Waals surface area (Å²) in [5.74, 6) is -0.981. The molecule has 1 aromatic heterocycles. The van der Waals surface area contributed by atoms with Crippen molar-refractivity contribution in [3.05, 3.63) is 28.0 Å². The molecule has 0 aromatic carbocycles. The van der Waals surface area contributed by atoms with Crippen LogP contribution in [0.2, 0.25) is 0 Å². The zero-order valence-electron chi connectivity index (χ0n) is 8.82. The van der Waals surface area contributed by atoms with Crippen molar-refractivity contribution in [1.29, 1.82) is 0 Å². The molecular formula is C10H10BrNO4. The lowest BCUT2D eigenvalue weighted by Crippen LogP contribution is -2.10. The second-order valence-electron chi connectivity index (χ2n) is 2.93. The van der Waals surface area contributed by atoms with Crippen LogP contribution in [0, 0.1) is 0 Å². The van der Waals surface area contributed by atoms with Gasteiger partial charge >= 0.3 is 11.9 Å². The van der Waals surface area contributed by atoms with Crippen molar-refractivity contribution in [3.8, 4) is 0 Å². The summed E-state index contributed by atoms with van der Waals surface area (Å²) < 4.78 is 10.1. The number of rotatable bonds is 3. The smallest absolute Gasteiger partial charge is 0.357 e. The number of carbonyl (C=O) groups excluding carboxylic acids is 2. The Bertz CT molecular complexity index is 419. The van der Waals surface area contributed by atoms with Crippen LogP contribution < -0.4 is 0 Å². The first kappa shape index (κ1) is 12.6. The van der Waals surface area contributed by atoms with Crippen molar-refractivity contribution in [1.82, 2.24) is 4.98 Å². The first-order valence-electron chi connectivity index (χ1n) is 4.40. The van der Waals surface area contributed by atoms with Crippen LogP contribution in [0.4, 0.5) is 0 Å². The molecule has 5 nitrogen and oxygen atoms in total. The molecule has 0 amide bonds. The molecule has 0 unspecified atom stereocenters. The summed E-state index contributed by atoms with van der Waals surface area (Å²) in [6.07, 6.45) is 1.48. The van der Waals surface area contributed by atoms with E-state index in [0.717, 1.165) is 0 Å². The van der Waals surface area contributed by atoms with Crippen LogP contribution in [0.1, 0.15) is 23.0 Å². The highest BCUT2D eigenvalue weighted by molar-refractivity contribution is 9.10. The van der Waals surface area contributed by atoms with E-state index in [-0.39, 0.29) is 12.3 Å². The molecule has 1 rings (SSSR count). The minimum absolute atomic E-state index is 0.00773. The average molecular weight is 288 g/mol. The van der Waals surface area contributed by atoms with Gasteiger partial charge in [0.05, 0.1) is 7.11 Å². The largest absolute Gasteiger partial charge is 0.464 e. The first-order chi connectivity index (χ1) is 7.54. The van der Waals surface area contributed by atoms with E-state index < -0.39 is 11.9 Å². The van der Waals surface area contributed by atoms with Crippen LogP contribution >= 0.6 is 15.9 Å². The quantitative estimate of drug-likeness (QED) is 0.792. The number of ether oxygens (including phenoxy) is 2. The second kappa shape index (κ2) is 5.60. The van der Waals surface area contributed by atoms with Gasteiger partial charge in [-0.3, -0.25) is 4.79 Å². The number of hydrogen-bond donors (Lipinski definition) is 0. The van der Waals surface area contributed by atoms with Crippen molar-refractivity contribution in [2.75, 3.05) is 7.11 Å². The van der Waals surface area contributed by atoms with E-state index in [4.69, 9.17) is 4.74 Å². The van der Waals surface area contributed by atoms with Crippen molar-refractivity contribution < 1.29 is 19.1 Å². The normalized spacial score (nSPS) is 9.69. The highest BCUT2D eigenvalue weighted by atomic mass is 79.9. The lowest BCUT2D eigenvalue weighted by atomic mass is 10.2. The van der Waals surface area contributed by atoms with Gasteiger partial charge in [-0.25, -0.2) is 9.78 Å². The molecule has 0 aliphatic carbocycles. The second-order valence-corrected chi connectivity index (χ2v) is 3.85. The number of nitrogens with zero attached hydrogens (tertiary/aromatic N) is 1. The molecule has 0 saturated carbocycles. The van der Waals surface area contributed by atoms with Gasteiger partial charge in [0.25, 0.3) is 0 Å². The molecule has 1 aromatic rings. The summed E-state index contributed by atoms with van der Waals surface area (Å²) >= 11 is 3.22. The third kappa shape index (κ3) is 3.30. The van der Waals surface area contributed by atoms with Gasteiger partial charge < -0.3 is 9.47 Å². The van der Waals surface area contributed by atoms with Crippen LogP contribution in [-0.2, 0) is 20.9 Å². The number of halogens is 1. The van der Waals surface area contributed by atoms with Crippen LogP contribution in [0.25, 0.3) is 0 Å². The van der Waals surface area contributed by atoms with E-state index in [1.54, 1.807) is 6.07 Å². The number of esters is 2. The molecule has 1 heterocycles. The zero-order valence-corrected chi connectivity index (χ0v) is 10.4. The van der Waals surface area contributed by atoms with Gasteiger partial charge in [0.1, 0.15) is 6.61 Å². The highest BCUT2D eigenvalue weighted by Crippen LogP contribution is 2.15. The molecule has 0 saturated heterocycles. The third-order valence-corrected chi connectivity index (χ3v) is 2.18. The number of methoxy groups -OCH3 is 1. The minimum Gasteiger partial charge on any atom is -0.464 e. The molecule has 0 radical (unpaired) electrons. The predicted molar refractivity (Wildman–Crippen MR) is 58.7 cm³/mol. The maximum Gasteiger partial charge on any atom is 0.357 e. The van der Waals surface area contributed by atoms with E-state index in [1.165, 1.54) is 20.2 Å². The monoisotopic (exact) mass is 287 g/mol. The standard InChI is InChI=1S/C10H10BrNO4/c1-6(13)16-5-7-3-8(11)4-12-9(7)10(14)15-2/h3-4H,5H2,1-2H3. The van der Waals surface area contributed by atoms with E-state index in [9.17, 15) is 9.59 Å². The molecule has 0 atom stereocenters. The molecule has 0 fully saturated rings. The number of aromatic nitrogens is 1. The lowest BCUT2D eigenvalue weighted by molar-refractivity contribution is -0.142. The fourth-order valence-corrected chi connectivity index (χ4v) is 1.43. The number of carbonyl (C=O) groups is 2. The minimum atomic E-state index is -0.561. The Balaban J connectivity index is 2.98. The average Bonchev–Trinajstić information content (AvgIpc) is 2.25. The summed E-state index contributed by atoms with van der Waals surface area (Å²) in [5, 5.41) is 0. The van der Waals surface area contributed by atoms with Gasteiger partial charge in [-0.2, -0.15) is 0 Å². The maximum absolute atomic E-state index is 11.3. The van der Waals surface area contributed by atoms with Gasteiger partial charge in [0, 0.05) is 23.2 Å². The van der Waals surface area contributed by atoms with Gasteiger partial charge in [-0.05, 0) is 22.0 Å². The van der Waals surface area contributed by atoms with Gasteiger partial charge in [-0.1, -0.05) is 0 Å². The molecule has 0 aliphatic rings. The molecule has 0 N–H and O–H groups in total. The van der Waals surface area contributed by atoms with Gasteiger partial charge in [0.2, 0.25) is 0 Å². The lowest BCUT2D eigenvalue weighted by Gasteiger charge is -2.07. The SMILES string of the molecule is COC(=O)c1ncc(Br)cc1COC(C)=O. The Morgan fingerprint density at radius 3 is 2.75 bits per heavy atom. The Labute approximate surface area is 101 Å². The fraction of sp³-hybridized carbons (Fsp3) is 0.300. The Kier molecular flexibility index (Phi) is 4.42. The summed E-state index contributed by atoms with van der Waals surface area (Å²) in [6.45, 7) is 1.29. The summed E-state index contributed by atoms with van der Waals surface area (Å²) in [7, 11) is 1.27. The van der Waals surface area contributed by atoms with E-state index in [2.05, 4.69) is 25.7 Å². The van der Waals surface area contributed by atoms with Gasteiger partial charge in [0.15, 0.2) is 5.69 Å². The third-order valence-electron chi connectivity index (χ3n) is 1.74. The molecule has 16 heavy (non-hydrogen) atoms. The van der Waals surface area contributed by atoms with E-state index >= 15 is 0 Å². The molecule has 0 spiro atoms. The van der Waals surface area contributed by atoms with Crippen molar-refractivity contribution in [3.63, 3.8) is 0 Å². The predicted octanol–water partition coefficient (Wildman–Crippen LogP) is 1.69. The summed E-state index contributed by atoms with van der Waals surface area (Å²) in [5.41, 5.74) is 0.642. The topological polar surface area (TPSA) is 65.5 Å². The van der Waals surface area contributed by atoms with Crippen molar-refractivity contribution in [2.24, 2.45) is 0 Å². The molecule has 0 bridgehead atoms.